The standard InChI is InChI=1S/C13H15FN2O2/c14-12-8-11(6-7-13(12)16(17)18)15-9-10-4-2-1-3-5-10/h1-2,6-8,10,15H,3-5,9H2. The molecule has 5 heteroatoms. The van der Waals surface area contributed by atoms with Gasteiger partial charge in [-0.3, -0.25) is 10.1 Å². The van der Waals surface area contributed by atoms with Gasteiger partial charge >= 0.3 is 5.69 Å². The number of anilines is 1. The highest BCUT2D eigenvalue weighted by Crippen LogP contribution is 2.22. The maximum atomic E-state index is 13.4. The second-order valence-corrected chi connectivity index (χ2v) is 4.45. The van der Waals surface area contributed by atoms with Crippen LogP contribution in [0.4, 0.5) is 15.8 Å². The summed E-state index contributed by atoms with van der Waals surface area (Å²) in [6.07, 6.45) is 7.57. The number of nitro benzene ring substituents is 1. The molecule has 4 nitrogen and oxygen atoms in total. The third-order valence-corrected chi connectivity index (χ3v) is 3.12. The van der Waals surface area contributed by atoms with E-state index in [9.17, 15) is 14.5 Å². The van der Waals surface area contributed by atoms with Gasteiger partial charge in [0.1, 0.15) is 0 Å². The molecule has 0 amide bonds. The number of nitro groups is 1. The Morgan fingerprint density at radius 2 is 2.28 bits per heavy atom. The zero-order valence-corrected chi connectivity index (χ0v) is 9.93. The summed E-state index contributed by atoms with van der Waals surface area (Å²) in [4.78, 5) is 9.76. The predicted molar refractivity (Wildman–Crippen MR) is 68.0 cm³/mol. The van der Waals surface area contributed by atoms with Crippen molar-refractivity contribution in [3.05, 3.63) is 46.3 Å². The summed E-state index contributed by atoms with van der Waals surface area (Å²) in [5.41, 5.74) is 0.105. The Morgan fingerprint density at radius 1 is 1.44 bits per heavy atom. The minimum atomic E-state index is -0.798. The molecule has 0 aliphatic heterocycles. The largest absolute Gasteiger partial charge is 0.385 e. The van der Waals surface area contributed by atoms with Crippen molar-refractivity contribution in [2.45, 2.75) is 19.3 Å². The zero-order valence-electron chi connectivity index (χ0n) is 9.93. The van der Waals surface area contributed by atoms with Crippen molar-refractivity contribution in [3.8, 4) is 0 Å². The van der Waals surface area contributed by atoms with Crippen LogP contribution in [0.2, 0.25) is 0 Å². The van der Waals surface area contributed by atoms with E-state index in [0.29, 0.717) is 11.6 Å². The average Bonchev–Trinajstić information content (AvgIpc) is 2.37. The number of rotatable bonds is 4. The molecule has 0 radical (unpaired) electrons. The highest BCUT2D eigenvalue weighted by molar-refractivity contribution is 5.49. The maximum Gasteiger partial charge on any atom is 0.304 e. The molecule has 1 unspecified atom stereocenters. The normalized spacial score (nSPS) is 18.6. The van der Waals surface area contributed by atoms with Crippen molar-refractivity contribution in [2.24, 2.45) is 5.92 Å². The lowest BCUT2D eigenvalue weighted by molar-refractivity contribution is -0.387. The highest BCUT2D eigenvalue weighted by Gasteiger charge is 2.14. The summed E-state index contributed by atoms with van der Waals surface area (Å²) in [6.45, 7) is 0.765. The van der Waals surface area contributed by atoms with Gasteiger partial charge < -0.3 is 5.32 Å². The van der Waals surface area contributed by atoms with E-state index in [2.05, 4.69) is 17.5 Å². The predicted octanol–water partition coefficient (Wildman–Crippen LogP) is 3.50. The van der Waals surface area contributed by atoms with Gasteiger partial charge in [0.25, 0.3) is 0 Å². The molecule has 1 aliphatic carbocycles. The molecule has 0 fully saturated rings. The summed E-state index contributed by atoms with van der Waals surface area (Å²) in [7, 11) is 0. The molecule has 96 valence electrons. The van der Waals surface area contributed by atoms with Crippen molar-refractivity contribution in [1.29, 1.82) is 0 Å². The van der Waals surface area contributed by atoms with Crippen LogP contribution in [0.1, 0.15) is 19.3 Å². The second-order valence-electron chi connectivity index (χ2n) is 4.45. The molecule has 0 bridgehead atoms. The minimum absolute atomic E-state index is 0.485. The van der Waals surface area contributed by atoms with Crippen LogP contribution in [0.15, 0.2) is 30.4 Å². The smallest absolute Gasteiger partial charge is 0.304 e. The van der Waals surface area contributed by atoms with Gasteiger partial charge in [0, 0.05) is 24.4 Å². The third-order valence-electron chi connectivity index (χ3n) is 3.12. The van der Waals surface area contributed by atoms with E-state index in [-0.39, 0.29) is 0 Å². The Hall–Kier alpha value is -1.91. The van der Waals surface area contributed by atoms with Crippen molar-refractivity contribution >= 4 is 11.4 Å². The van der Waals surface area contributed by atoms with E-state index in [0.717, 1.165) is 25.8 Å². The molecule has 1 aromatic rings. The van der Waals surface area contributed by atoms with Crippen LogP contribution in [-0.2, 0) is 0 Å². The molecule has 0 aromatic heterocycles. The van der Waals surface area contributed by atoms with Crippen LogP contribution >= 0.6 is 0 Å². The molecule has 0 spiro atoms. The van der Waals surface area contributed by atoms with Gasteiger partial charge in [-0.2, -0.15) is 4.39 Å². The number of nitrogens with zero attached hydrogens (tertiary/aromatic N) is 1. The van der Waals surface area contributed by atoms with E-state index in [1.807, 2.05) is 0 Å². The average molecular weight is 250 g/mol. The van der Waals surface area contributed by atoms with Gasteiger partial charge in [-0.25, -0.2) is 0 Å². The molecule has 1 aromatic carbocycles. The number of allylic oxidation sites excluding steroid dienone is 2. The van der Waals surface area contributed by atoms with E-state index in [1.165, 1.54) is 12.1 Å². The molecular weight excluding hydrogens is 235 g/mol. The molecule has 0 saturated heterocycles. The van der Waals surface area contributed by atoms with Crippen molar-refractivity contribution in [1.82, 2.24) is 0 Å². The Kier molecular flexibility index (Phi) is 3.92. The molecule has 0 heterocycles. The molecule has 18 heavy (non-hydrogen) atoms. The van der Waals surface area contributed by atoms with Crippen molar-refractivity contribution in [2.75, 3.05) is 11.9 Å². The number of hydrogen-bond donors (Lipinski definition) is 1. The van der Waals surface area contributed by atoms with E-state index in [4.69, 9.17) is 0 Å². The van der Waals surface area contributed by atoms with Gasteiger partial charge in [-0.15, -0.1) is 0 Å². The van der Waals surface area contributed by atoms with Gasteiger partial charge in [0.05, 0.1) is 4.92 Å². The van der Waals surface area contributed by atoms with Crippen LogP contribution in [0.25, 0.3) is 0 Å². The van der Waals surface area contributed by atoms with E-state index >= 15 is 0 Å². The fraction of sp³-hybridized carbons (Fsp3) is 0.385. The first-order valence-electron chi connectivity index (χ1n) is 5.99. The Morgan fingerprint density at radius 3 is 2.89 bits per heavy atom. The maximum absolute atomic E-state index is 13.4. The van der Waals surface area contributed by atoms with Crippen LogP contribution in [0.5, 0.6) is 0 Å². The lowest BCUT2D eigenvalue weighted by Crippen LogP contribution is -2.15. The third kappa shape index (κ3) is 3.06. The van der Waals surface area contributed by atoms with Crippen LogP contribution < -0.4 is 5.32 Å². The summed E-state index contributed by atoms with van der Waals surface area (Å²) >= 11 is 0. The number of hydrogen-bond acceptors (Lipinski definition) is 3. The van der Waals surface area contributed by atoms with Gasteiger partial charge in [-0.05, 0) is 31.2 Å². The number of nitrogens with one attached hydrogen (secondary N) is 1. The van der Waals surface area contributed by atoms with Gasteiger partial charge in [0.2, 0.25) is 5.82 Å². The topological polar surface area (TPSA) is 55.2 Å². The molecule has 2 rings (SSSR count). The molecule has 1 atom stereocenters. The summed E-state index contributed by atoms with van der Waals surface area (Å²) < 4.78 is 13.4. The number of benzene rings is 1. The summed E-state index contributed by atoms with van der Waals surface area (Å²) in [6, 6.07) is 3.91. The molecule has 1 N–H and O–H groups in total. The lowest BCUT2D eigenvalue weighted by Gasteiger charge is -2.18. The first kappa shape index (κ1) is 12.5. The fourth-order valence-electron chi connectivity index (χ4n) is 2.07. The molecule has 0 saturated carbocycles. The Balaban J connectivity index is 1.95. The zero-order chi connectivity index (χ0) is 13.0. The highest BCUT2D eigenvalue weighted by atomic mass is 19.1. The minimum Gasteiger partial charge on any atom is -0.385 e. The second kappa shape index (κ2) is 5.62. The molecule has 1 aliphatic rings. The van der Waals surface area contributed by atoms with Crippen molar-refractivity contribution in [3.63, 3.8) is 0 Å². The van der Waals surface area contributed by atoms with Crippen LogP contribution in [0, 0.1) is 21.8 Å². The van der Waals surface area contributed by atoms with Crippen molar-refractivity contribution < 1.29 is 9.31 Å². The Bertz CT molecular complexity index is 474. The first-order chi connectivity index (χ1) is 8.66. The lowest BCUT2D eigenvalue weighted by atomic mass is 9.94. The monoisotopic (exact) mass is 250 g/mol. The van der Waals surface area contributed by atoms with Gasteiger partial charge in [-0.1, -0.05) is 12.2 Å². The first-order valence-corrected chi connectivity index (χ1v) is 5.99. The Labute approximate surface area is 105 Å². The van der Waals surface area contributed by atoms with E-state index in [1.54, 1.807) is 6.07 Å². The number of halogens is 1. The van der Waals surface area contributed by atoms with E-state index < -0.39 is 16.4 Å². The van der Waals surface area contributed by atoms with Gasteiger partial charge in [0.15, 0.2) is 0 Å². The quantitative estimate of drug-likeness (QED) is 0.505. The SMILES string of the molecule is O=[N+]([O-])c1ccc(NCC2CC=CCC2)cc1F. The fourth-order valence-corrected chi connectivity index (χ4v) is 2.07. The van der Waals surface area contributed by atoms with Crippen LogP contribution in [-0.4, -0.2) is 11.5 Å². The van der Waals surface area contributed by atoms with Crippen LogP contribution in [0.3, 0.4) is 0 Å². The summed E-state index contributed by atoms with van der Waals surface area (Å²) in [5, 5.41) is 13.6. The summed E-state index contributed by atoms with van der Waals surface area (Å²) in [5.74, 6) is -0.248. The molecular formula is C13H15FN2O2.